The fourth-order valence-corrected chi connectivity index (χ4v) is 3.77. The van der Waals surface area contributed by atoms with E-state index in [4.69, 9.17) is 4.42 Å². The van der Waals surface area contributed by atoms with E-state index < -0.39 is 11.7 Å². The Balaban J connectivity index is 1.70. The number of nitrogens with zero attached hydrogens (tertiary/aromatic N) is 2. The summed E-state index contributed by atoms with van der Waals surface area (Å²) < 4.78 is 19.3. The molecule has 2 heterocycles. The van der Waals surface area contributed by atoms with Gasteiger partial charge in [0.2, 0.25) is 0 Å². The molecule has 4 rings (SSSR count). The Kier molecular flexibility index (Phi) is 3.27. The van der Waals surface area contributed by atoms with Crippen molar-refractivity contribution in [2.75, 3.05) is 11.9 Å². The van der Waals surface area contributed by atoms with Gasteiger partial charge in [0.15, 0.2) is 5.13 Å². The second kappa shape index (κ2) is 5.31. The molecule has 1 aliphatic carbocycles. The van der Waals surface area contributed by atoms with Gasteiger partial charge in [-0.25, -0.2) is 9.37 Å². The summed E-state index contributed by atoms with van der Waals surface area (Å²) >= 11 is 1.47. The molecule has 0 unspecified atom stereocenters. The Hall–Kier alpha value is -2.47. The van der Waals surface area contributed by atoms with Gasteiger partial charge in [0.05, 0.1) is 17.5 Å². The lowest BCUT2D eigenvalue weighted by atomic mass is 10.0. The van der Waals surface area contributed by atoms with E-state index in [0.29, 0.717) is 5.13 Å². The van der Waals surface area contributed by atoms with Crippen LogP contribution in [0.4, 0.5) is 9.52 Å². The quantitative estimate of drug-likeness (QED) is 0.716. The van der Waals surface area contributed by atoms with Gasteiger partial charge < -0.3 is 4.42 Å². The van der Waals surface area contributed by atoms with Crippen LogP contribution in [-0.4, -0.2) is 17.9 Å². The first-order valence-electron chi connectivity index (χ1n) is 7.24. The molecule has 0 fully saturated rings. The topological polar surface area (TPSA) is 46.3 Å². The number of aryl methyl sites for hydroxylation is 2. The van der Waals surface area contributed by atoms with Crippen molar-refractivity contribution in [2.24, 2.45) is 0 Å². The summed E-state index contributed by atoms with van der Waals surface area (Å²) in [6, 6.07) is 7.88. The Morgan fingerprint density at radius 1 is 1.30 bits per heavy atom. The lowest BCUT2D eigenvalue weighted by Gasteiger charge is -2.14. The van der Waals surface area contributed by atoms with Crippen molar-refractivity contribution in [3.8, 4) is 11.3 Å². The summed E-state index contributed by atoms with van der Waals surface area (Å²) in [5, 5.41) is 0.567. The van der Waals surface area contributed by atoms with E-state index in [1.54, 1.807) is 25.4 Å². The summed E-state index contributed by atoms with van der Waals surface area (Å²) in [6.45, 7) is 0. The zero-order chi connectivity index (χ0) is 16.0. The minimum Gasteiger partial charge on any atom is -0.469 e. The van der Waals surface area contributed by atoms with Crippen LogP contribution in [0.5, 0.6) is 0 Å². The molecule has 0 saturated heterocycles. The molecule has 3 aromatic rings. The van der Waals surface area contributed by atoms with Crippen LogP contribution in [0.25, 0.3) is 11.3 Å². The van der Waals surface area contributed by atoms with Gasteiger partial charge in [0.1, 0.15) is 11.6 Å². The standard InChI is InChI=1S/C17H13FN2O2S/c1-20(16(21)10-4-2-3-5-12(10)18)17-19-15-11-8-9-22-13(11)6-7-14(15)23-17/h2-5,8-9H,6-7H2,1H3. The van der Waals surface area contributed by atoms with E-state index in [-0.39, 0.29) is 5.56 Å². The number of halogens is 1. The predicted molar refractivity (Wildman–Crippen MR) is 86.4 cm³/mol. The van der Waals surface area contributed by atoms with Crippen LogP contribution in [0.3, 0.4) is 0 Å². The Labute approximate surface area is 136 Å². The number of furan rings is 1. The molecule has 1 aromatic carbocycles. The first kappa shape index (κ1) is 14.1. The average molecular weight is 328 g/mol. The zero-order valence-electron chi connectivity index (χ0n) is 12.4. The maximum atomic E-state index is 13.8. The maximum Gasteiger partial charge on any atom is 0.262 e. The highest BCUT2D eigenvalue weighted by Gasteiger charge is 2.26. The summed E-state index contributed by atoms with van der Waals surface area (Å²) in [6.07, 6.45) is 3.34. The van der Waals surface area contributed by atoms with Crippen molar-refractivity contribution in [2.45, 2.75) is 12.8 Å². The third-order valence-corrected chi connectivity index (χ3v) is 5.15. The van der Waals surface area contributed by atoms with Gasteiger partial charge in [-0.1, -0.05) is 12.1 Å². The van der Waals surface area contributed by atoms with Crippen LogP contribution in [0.1, 0.15) is 21.0 Å². The fourth-order valence-electron chi connectivity index (χ4n) is 2.74. The van der Waals surface area contributed by atoms with Crippen molar-refractivity contribution in [1.29, 1.82) is 0 Å². The molecule has 0 saturated carbocycles. The molecule has 1 amide bonds. The Morgan fingerprint density at radius 2 is 2.13 bits per heavy atom. The molecule has 0 spiro atoms. The first-order chi connectivity index (χ1) is 11.1. The fraction of sp³-hybridized carbons (Fsp3) is 0.176. The van der Waals surface area contributed by atoms with Crippen LogP contribution in [0, 0.1) is 5.82 Å². The molecule has 0 aliphatic heterocycles. The van der Waals surface area contributed by atoms with Crippen LogP contribution in [0.15, 0.2) is 41.0 Å². The summed E-state index contributed by atoms with van der Waals surface area (Å²) in [5.41, 5.74) is 1.90. The highest BCUT2D eigenvalue weighted by molar-refractivity contribution is 7.16. The SMILES string of the molecule is CN(C(=O)c1ccccc1F)c1nc2c(s1)CCc1occc1-2. The van der Waals surface area contributed by atoms with Gasteiger partial charge in [-0.15, -0.1) is 11.3 Å². The van der Waals surface area contributed by atoms with Crippen molar-refractivity contribution in [3.05, 3.63) is 58.6 Å². The van der Waals surface area contributed by atoms with Crippen LogP contribution < -0.4 is 4.90 Å². The third-order valence-electron chi connectivity index (χ3n) is 3.96. The number of amides is 1. The minimum absolute atomic E-state index is 0.0483. The molecule has 4 nitrogen and oxygen atoms in total. The van der Waals surface area contributed by atoms with Crippen molar-refractivity contribution in [1.82, 2.24) is 4.98 Å². The molecule has 0 N–H and O–H groups in total. The Bertz CT molecular complexity index is 900. The smallest absolute Gasteiger partial charge is 0.262 e. The number of hydrogen-bond donors (Lipinski definition) is 0. The number of rotatable bonds is 2. The molecule has 0 bridgehead atoms. The van der Waals surface area contributed by atoms with Gasteiger partial charge in [0, 0.05) is 23.9 Å². The van der Waals surface area contributed by atoms with Crippen molar-refractivity contribution >= 4 is 22.4 Å². The number of carbonyl (C=O) groups excluding carboxylic acids is 1. The maximum absolute atomic E-state index is 13.8. The van der Waals surface area contributed by atoms with Gasteiger partial charge >= 0.3 is 0 Å². The molecule has 116 valence electrons. The van der Waals surface area contributed by atoms with E-state index in [1.165, 1.54) is 28.4 Å². The van der Waals surface area contributed by atoms with E-state index in [1.807, 2.05) is 6.07 Å². The first-order valence-corrected chi connectivity index (χ1v) is 8.06. The number of benzene rings is 1. The van der Waals surface area contributed by atoms with Crippen LogP contribution >= 0.6 is 11.3 Å². The number of thiazole rings is 1. The summed E-state index contributed by atoms with van der Waals surface area (Å²) in [7, 11) is 1.62. The summed E-state index contributed by atoms with van der Waals surface area (Å²) in [4.78, 5) is 19.6. The van der Waals surface area contributed by atoms with E-state index in [0.717, 1.165) is 34.7 Å². The molecule has 2 aromatic heterocycles. The molecular weight excluding hydrogens is 315 g/mol. The number of fused-ring (bicyclic) bond motifs is 3. The van der Waals surface area contributed by atoms with Gasteiger partial charge in [0.25, 0.3) is 5.91 Å². The molecule has 6 heteroatoms. The number of anilines is 1. The highest BCUT2D eigenvalue weighted by atomic mass is 32.1. The van der Waals surface area contributed by atoms with E-state index >= 15 is 0 Å². The monoisotopic (exact) mass is 328 g/mol. The summed E-state index contributed by atoms with van der Waals surface area (Å²) in [5.74, 6) is 0.00170. The molecule has 0 atom stereocenters. The average Bonchev–Trinajstić information content (AvgIpc) is 3.19. The largest absolute Gasteiger partial charge is 0.469 e. The van der Waals surface area contributed by atoms with Crippen LogP contribution in [-0.2, 0) is 12.8 Å². The Morgan fingerprint density at radius 3 is 2.96 bits per heavy atom. The second-order valence-corrected chi connectivity index (χ2v) is 6.43. The van der Waals surface area contributed by atoms with E-state index in [9.17, 15) is 9.18 Å². The lowest BCUT2D eigenvalue weighted by Crippen LogP contribution is -2.26. The molecule has 23 heavy (non-hydrogen) atoms. The number of carbonyl (C=O) groups is 1. The lowest BCUT2D eigenvalue weighted by molar-refractivity contribution is 0.0989. The molecule has 0 radical (unpaired) electrons. The van der Waals surface area contributed by atoms with Crippen molar-refractivity contribution in [3.63, 3.8) is 0 Å². The molecular formula is C17H13FN2O2S. The van der Waals surface area contributed by atoms with E-state index in [2.05, 4.69) is 4.98 Å². The second-order valence-electron chi connectivity index (χ2n) is 5.37. The predicted octanol–water partition coefficient (Wildman–Crippen LogP) is 3.92. The van der Waals surface area contributed by atoms with Gasteiger partial charge in [-0.05, 0) is 24.6 Å². The van der Waals surface area contributed by atoms with Gasteiger partial charge in [-0.2, -0.15) is 0 Å². The number of hydrogen-bond acceptors (Lipinski definition) is 4. The number of aromatic nitrogens is 1. The van der Waals surface area contributed by atoms with Crippen LogP contribution in [0.2, 0.25) is 0 Å². The molecule has 1 aliphatic rings. The normalized spacial score (nSPS) is 12.6. The highest BCUT2D eigenvalue weighted by Crippen LogP contribution is 2.39. The minimum atomic E-state index is -0.525. The van der Waals surface area contributed by atoms with Gasteiger partial charge in [-0.3, -0.25) is 9.69 Å². The zero-order valence-corrected chi connectivity index (χ0v) is 13.2. The van der Waals surface area contributed by atoms with Crippen molar-refractivity contribution < 1.29 is 13.6 Å². The third kappa shape index (κ3) is 2.26.